The average Bonchev–Trinajstić information content (AvgIpc) is 2.21. The van der Waals surface area contributed by atoms with Crippen LogP contribution in [0.3, 0.4) is 0 Å². The summed E-state index contributed by atoms with van der Waals surface area (Å²) in [6.45, 7) is 8.21. The topological polar surface area (TPSA) is 118 Å². The Balaban J connectivity index is 4.43. The molecule has 0 saturated carbocycles. The molecule has 0 radical (unpaired) electrons. The number of carboxylic acid groups (broad SMARTS) is 1. The molecule has 0 fully saturated rings. The van der Waals surface area contributed by atoms with Gasteiger partial charge in [0.25, 0.3) is 10.1 Å². The highest BCUT2D eigenvalue weighted by Crippen LogP contribution is 2.25. The number of ether oxygens (including phenoxy) is 1. The molecule has 0 rings (SSSR count). The van der Waals surface area contributed by atoms with Gasteiger partial charge in [-0.25, -0.2) is 0 Å². The Labute approximate surface area is 125 Å². The van der Waals surface area contributed by atoms with E-state index in [1.807, 2.05) is 6.92 Å². The lowest BCUT2D eigenvalue weighted by molar-refractivity contribution is -0.147. The fraction of sp³-hybridized carbons (Fsp3) is 0.846. The first-order chi connectivity index (χ1) is 9.33. The second kappa shape index (κ2) is 7.74. The van der Waals surface area contributed by atoms with Crippen LogP contribution in [0, 0.1) is 11.3 Å². The van der Waals surface area contributed by atoms with Crippen LogP contribution in [0.25, 0.3) is 0 Å². The van der Waals surface area contributed by atoms with Crippen molar-refractivity contribution < 1.29 is 32.4 Å². The van der Waals surface area contributed by atoms with Crippen molar-refractivity contribution in [2.24, 2.45) is 11.3 Å². The third-order valence-corrected chi connectivity index (χ3v) is 3.88. The molecule has 7 nitrogen and oxygen atoms in total. The normalized spacial score (nSPS) is 15.3. The lowest BCUT2D eigenvalue weighted by Gasteiger charge is -2.23. The van der Waals surface area contributed by atoms with Crippen LogP contribution in [0.4, 0.5) is 0 Å². The van der Waals surface area contributed by atoms with E-state index in [1.165, 1.54) is 0 Å². The highest BCUT2D eigenvalue weighted by molar-refractivity contribution is 7.87. The van der Waals surface area contributed by atoms with Crippen LogP contribution in [-0.2, 0) is 24.4 Å². The number of carboxylic acids is 1. The summed E-state index contributed by atoms with van der Waals surface area (Å²) in [4.78, 5) is 22.1. The molecule has 8 heteroatoms. The molecule has 21 heavy (non-hydrogen) atoms. The molecule has 0 aromatic heterocycles. The van der Waals surface area contributed by atoms with Crippen molar-refractivity contribution in [2.45, 2.75) is 52.2 Å². The van der Waals surface area contributed by atoms with Gasteiger partial charge in [0.2, 0.25) is 0 Å². The van der Waals surface area contributed by atoms with Crippen molar-refractivity contribution in [3.63, 3.8) is 0 Å². The van der Waals surface area contributed by atoms with Crippen molar-refractivity contribution in [1.82, 2.24) is 0 Å². The Morgan fingerprint density at radius 1 is 1.24 bits per heavy atom. The van der Waals surface area contributed by atoms with Crippen molar-refractivity contribution in [2.75, 3.05) is 6.61 Å². The molecule has 0 aliphatic heterocycles. The van der Waals surface area contributed by atoms with Gasteiger partial charge in [0.15, 0.2) is 5.25 Å². The molecule has 0 saturated heterocycles. The number of rotatable bonds is 8. The molecular weight excluding hydrogens is 300 g/mol. The fourth-order valence-corrected chi connectivity index (χ4v) is 2.73. The molecule has 0 heterocycles. The number of carbonyl (C=O) groups excluding carboxylic acids is 1. The predicted molar refractivity (Wildman–Crippen MR) is 76.4 cm³/mol. The first-order valence-electron chi connectivity index (χ1n) is 6.67. The Kier molecular flexibility index (Phi) is 7.32. The molecule has 0 amide bonds. The van der Waals surface area contributed by atoms with Crippen molar-refractivity contribution in [1.29, 1.82) is 0 Å². The highest BCUT2D eigenvalue weighted by atomic mass is 32.2. The standard InChI is InChI=1S/C13H24O7S/c1-9(8-13(2,3)4)5-6-20-12(16)10(7-11(14)15)21(17,18)19/h9-10H,5-8H2,1-4H3,(H,14,15)(H,17,18,19). The zero-order valence-electron chi connectivity index (χ0n) is 12.8. The maximum Gasteiger partial charge on any atom is 0.327 e. The smallest absolute Gasteiger partial charge is 0.327 e. The van der Waals surface area contributed by atoms with E-state index in [-0.39, 0.29) is 17.9 Å². The minimum absolute atomic E-state index is 0.0122. The monoisotopic (exact) mass is 324 g/mol. The van der Waals surface area contributed by atoms with E-state index in [0.717, 1.165) is 6.42 Å². The SMILES string of the molecule is CC(CCOC(=O)C(CC(=O)O)S(=O)(=O)O)CC(C)(C)C. The second-order valence-electron chi connectivity index (χ2n) is 6.43. The van der Waals surface area contributed by atoms with E-state index in [4.69, 9.17) is 14.4 Å². The summed E-state index contributed by atoms with van der Waals surface area (Å²) in [7, 11) is -4.79. The van der Waals surface area contributed by atoms with Crippen LogP contribution >= 0.6 is 0 Å². The minimum Gasteiger partial charge on any atom is -0.481 e. The van der Waals surface area contributed by atoms with Crippen LogP contribution in [0.1, 0.15) is 47.0 Å². The molecule has 0 aromatic carbocycles. The van der Waals surface area contributed by atoms with Gasteiger partial charge in [0.05, 0.1) is 13.0 Å². The lowest BCUT2D eigenvalue weighted by Crippen LogP contribution is -2.34. The Hall–Kier alpha value is -1.15. The third-order valence-electron chi connectivity index (χ3n) is 2.80. The molecule has 0 aliphatic carbocycles. The predicted octanol–water partition coefficient (Wildman–Crippen LogP) is 1.72. The first-order valence-corrected chi connectivity index (χ1v) is 8.18. The van der Waals surface area contributed by atoms with Crippen LogP contribution in [0.2, 0.25) is 0 Å². The molecule has 0 spiro atoms. The third kappa shape index (κ3) is 9.41. The van der Waals surface area contributed by atoms with Crippen LogP contribution in [0.5, 0.6) is 0 Å². The highest BCUT2D eigenvalue weighted by Gasteiger charge is 2.35. The maximum absolute atomic E-state index is 11.6. The summed E-state index contributed by atoms with van der Waals surface area (Å²) in [6, 6.07) is 0. The molecule has 0 aromatic rings. The summed E-state index contributed by atoms with van der Waals surface area (Å²) in [5.74, 6) is -2.47. The van der Waals surface area contributed by atoms with E-state index in [9.17, 15) is 18.0 Å². The van der Waals surface area contributed by atoms with E-state index in [0.29, 0.717) is 6.42 Å². The fourth-order valence-electron chi connectivity index (χ4n) is 2.07. The van der Waals surface area contributed by atoms with Gasteiger partial charge in [-0.2, -0.15) is 8.42 Å². The summed E-state index contributed by atoms with van der Waals surface area (Å²) < 4.78 is 35.6. The molecule has 0 bridgehead atoms. The largest absolute Gasteiger partial charge is 0.481 e. The zero-order valence-corrected chi connectivity index (χ0v) is 13.6. The van der Waals surface area contributed by atoms with E-state index < -0.39 is 33.7 Å². The summed E-state index contributed by atoms with van der Waals surface area (Å²) in [5.41, 5.74) is 0.129. The van der Waals surface area contributed by atoms with Crippen LogP contribution in [0.15, 0.2) is 0 Å². The molecular formula is C13H24O7S. The Morgan fingerprint density at radius 2 is 1.76 bits per heavy atom. The summed E-state index contributed by atoms with van der Waals surface area (Å²) in [6.07, 6.45) is 0.422. The van der Waals surface area contributed by atoms with Crippen LogP contribution < -0.4 is 0 Å². The van der Waals surface area contributed by atoms with Crippen LogP contribution in [-0.4, -0.2) is 41.9 Å². The summed E-state index contributed by atoms with van der Waals surface area (Å²) in [5, 5.41) is 6.48. The van der Waals surface area contributed by atoms with E-state index >= 15 is 0 Å². The van der Waals surface area contributed by atoms with Crippen molar-refractivity contribution in [3.05, 3.63) is 0 Å². The molecule has 0 aliphatic rings. The van der Waals surface area contributed by atoms with Gasteiger partial charge < -0.3 is 9.84 Å². The van der Waals surface area contributed by atoms with Crippen molar-refractivity contribution >= 4 is 22.1 Å². The van der Waals surface area contributed by atoms with Gasteiger partial charge in [-0.15, -0.1) is 0 Å². The molecule has 2 unspecified atom stereocenters. The molecule has 2 N–H and O–H groups in total. The minimum atomic E-state index is -4.79. The maximum atomic E-state index is 11.6. The number of aliphatic carboxylic acids is 1. The van der Waals surface area contributed by atoms with Gasteiger partial charge in [0.1, 0.15) is 0 Å². The van der Waals surface area contributed by atoms with Gasteiger partial charge in [-0.05, 0) is 24.2 Å². The summed E-state index contributed by atoms with van der Waals surface area (Å²) >= 11 is 0. The second-order valence-corrected chi connectivity index (χ2v) is 8.03. The molecule has 2 atom stereocenters. The number of carbonyl (C=O) groups is 2. The lowest BCUT2D eigenvalue weighted by atomic mass is 9.84. The zero-order chi connectivity index (χ0) is 16.8. The Bertz CT molecular complexity index is 461. The quantitative estimate of drug-likeness (QED) is 0.515. The number of hydrogen-bond donors (Lipinski definition) is 2. The number of esters is 1. The molecule has 124 valence electrons. The van der Waals surface area contributed by atoms with E-state index in [1.54, 1.807) is 0 Å². The van der Waals surface area contributed by atoms with Gasteiger partial charge in [0, 0.05) is 0 Å². The Morgan fingerprint density at radius 3 is 2.14 bits per heavy atom. The first kappa shape index (κ1) is 19.9. The number of hydrogen-bond acceptors (Lipinski definition) is 5. The average molecular weight is 324 g/mol. The van der Waals surface area contributed by atoms with Gasteiger partial charge >= 0.3 is 11.9 Å². The van der Waals surface area contributed by atoms with E-state index in [2.05, 4.69) is 20.8 Å². The van der Waals surface area contributed by atoms with Crippen molar-refractivity contribution in [3.8, 4) is 0 Å². The van der Waals surface area contributed by atoms with Gasteiger partial charge in [-0.3, -0.25) is 14.1 Å². The van der Waals surface area contributed by atoms with Gasteiger partial charge in [-0.1, -0.05) is 27.7 Å².